The number of likely N-dealkylation sites (tertiary alicyclic amines) is 1. The second-order valence-electron chi connectivity index (χ2n) is 5.68. The third-order valence-corrected chi connectivity index (χ3v) is 5.42. The SMILES string of the molecule is COc1ccc(NC(=O)CSC(=S)N2CCCCCC2)c(C)c1. The summed E-state index contributed by atoms with van der Waals surface area (Å²) in [5.41, 5.74) is 1.80. The number of thiocarbonyl (C=S) groups is 1. The van der Waals surface area contributed by atoms with Gasteiger partial charge in [-0.25, -0.2) is 0 Å². The number of carbonyl (C=O) groups is 1. The Kier molecular flexibility index (Phi) is 7.17. The molecule has 126 valence electrons. The minimum atomic E-state index is -0.0274. The van der Waals surface area contributed by atoms with Crippen molar-refractivity contribution in [2.75, 3.05) is 31.3 Å². The lowest BCUT2D eigenvalue weighted by molar-refractivity contribution is -0.113. The van der Waals surface area contributed by atoms with Gasteiger partial charge in [0.05, 0.1) is 12.9 Å². The molecule has 0 aliphatic carbocycles. The number of benzene rings is 1. The van der Waals surface area contributed by atoms with Gasteiger partial charge < -0.3 is 15.0 Å². The van der Waals surface area contributed by atoms with Crippen molar-refractivity contribution in [3.05, 3.63) is 23.8 Å². The summed E-state index contributed by atoms with van der Waals surface area (Å²) in [5.74, 6) is 1.11. The molecule has 23 heavy (non-hydrogen) atoms. The second kappa shape index (κ2) is 9.13. The molecule has 0 spiro atoms. The molecule has 0 saturated carbocycles. The quantitative estimate of drug-likeness (QED) is 0.834. The van der Waals surface area contributed by atoms with Gasteiger partial charge in [0.25, 0.3) is 0 Å². The van der Waals surface area contributed by atoms with Crippen molar-refractivity contribution in [3.8, 4) is 5.75 Å². The number of nitrogens with zero attached hydrogens (tertiary/aromatic N) is 1. The van der Waals surface area contributed by atoms with E-state index in [1.807, 2.05) is 25.1 Å². The predicted molar refractivity (Wildman–Crippen MR) is 101 cm³/mol. The van der Waals surface area contributed by atoms with Gasteiger partial charge in [-0.2, -0.15) is 0 Å². The summed E-state index contributed by atoms with van der Waals surface area (Å²) < 4.78 is 6.01. The lowest BCUT2D eigenvalue weighted by Crippen LogP contribution is -2.29. The summed E-state index contributed by atoms with van der Waals surface area (Å²) in [6, 6.07) is 5.62. The van der Waals surface area contributed by atoms with E-state index in [0.29, 0.717) is 5.75 Å². The summed E-state index contributed by atoms with van der Waals surface area (Å²) >= 11 is 6.92. The van der Waals surface area contributed by atoms with Crippen molar-refractivity contribution < 1.29 is 9.53 Å². The number of aryl methyl sites for hydroxylation is 1. The zero-order chi connectivity index (χ0) is 16.7. The third-order valence-electron chi connectivity index (χ3n) is 3.90. The van der Waals surface area contributed by atoms with E-state index in [9.17, 15) is 4.79 Å². The average molecular weight is 353 g/mol. The van der Waals surface area contributed by atoms with Crippen LogP contribution in [0.25, 0.3) is 0 Å². The first-order valence-corrected chi connectivity index (χ1v) is 9.35. The van der Waals surface area contributed by atoms with Crippen LogP contribution in [0.2, 0.25) is 0 Å². The fourth-order valence-electron chi connectivity index (χ4n) is 2.56. The standard InChI is InChI=1S/C17H24N2O2S2/c1-13-11-14(21-2)7-8-15(13)18-16(20)12-23-17(22)19-9-5-3-4-6-10-19/h7-8,11H,3-6,9-10,12H2,1-2H3,(H,18,20). The zero-order valence-corrected chi connectivity index (χ0v) is 15.4. The molecule has 6 heteroatoms. The van der Waals surface area contributed by atoms with E-state index in [-0.39, 0.29) is 5.91 Å². The largest absolute Gasteiger partial charge is 0.497 e. The van der Waals surface area contributed by atoms with Crippen molar-refractivity contribution in [2.45, 2.75) is 32.6 Å². The number of methoxy groups -OCH3 is 1. The van der Waals surface area contributed by atoms with E-state index in [4.69, 9.17) is 17.0 Å². The molecule has 0 unspecified atom stereocenters. The summed E-state index contributed by atoms with van der Waals surface area (Å²) in [4.78, 5) is 14.4. The predicted octanol–water partition coefficient (Wildman–Crippen LogP) is 3.84. The van der Waals surface area contributed by atoms with Crippen LogP contribution in [-0.2, 0) is 4.79 Å². The van der Waals surface area contributed by atoms with Gasteiger partial charge in [0.2, 0.25) is 5.91 Å². The number of carbonyl (C=O) groups excluding carboxylic acids is 1. The first-order valence-electron chi connectivity index (χ1n) is 7.96. The second-order valence-corrected chi connectivity index (χ2v) is 7.29. The minimum Gasteiger partial charge on any atom is -0.497 e. The van der Waals surface area contributed by atoms with Crippen molar-refractivity contribution in [2.24, 2.45) is 0 Å². The molecule has 0 radical (unpaired) electrons. The molecule has 1 saturated heterocycles. The van der Waals surface area contributed by atoms with Crippen LogP contribution in [-0.4, -0.2) is 41.1 Å². The highest BCUT2D eigenvalue weighted by Gasteiger charge is 2.14. The number of ether oxygens (including phenoxy) is 1. The van der Waals surface area contributed by atoms with Gasteiger partial charge in [0, 0.05) is 18.8 Å². The normalized spacial score (nSPS) is 15.0. The van der Waals surface area contributed by atoms with Crippen molar-refractivity contribution >= 4 is 39.9 Å². The Morgan fingerprint density at radius 2 is 2.00 bits per heavy atom. The number of amides is 1. The summed E-state index contributed by atoms with van der Waals surface area (Å²) in [6.45, 7) is 3.99. The number of nitrogens with one attached hydrogen (secondary N) is 1. The van der Waals surface area contributed by atoms with E-state index in [2.05, 4.69) is 10.2 Å². The maximum atomic E-state index is 12.1. The molecule has 4 nitrogen and oxygen atoms in total. The van der Waals surface area contributed by atoms with Crippen LogP contribution in [0.3, 0.4) is 0 Å². The number of hydrogen-bond donors (Lipinski definition) is 1. The molecule has 1 heterocycles. The lowest BCUT2D eigenvalue weighted by atomic mass is 10.2. The van der Waals surface area contributed by atoms with Crippen molar-refractivity contribution in [1.29, 1.82) is 0 Å². The van der Waals surface area contributed by atoms with Crippen LogP contribution in [0.4, 0.5) is 5.69 Å². The summed E-state index contributed by atoms with van der Waals surface area (Å²) in [5, 5.41) is 2.94. The van der Waals surface area contributed by atoms with Gasteiger partial charge in [-0.05, 0) is 43.5 Å². The Labute approximate surface area is 148 Å². The highest BCUT2D eigenvalue weighted by molar-refractivity contribution is 8.23. The monoisotopic (exact) mass is 352 g/mol. The number of thioether (sulfide) groups is 1. The van der Waals surface area contributed by atoms with Gasteiger partial charge in [-0.3, -0.25) is 4.79 Å². The Hall–Kier alpha value is -1.27. The number of anilines is 1. The van der Waals surface area contributed by atoms with E-state index >= 15 is 0 Å². The molecule has 0 aromatic heterocycles. The summed E-state index contributed by atoms with van der Waals surface area (Å²) in [6.07, 6.45) is 4.94. The van der Waals surface area contributed by atoms with Gasteiger partial charge >= 0.3 is 0 Å². The third kappa shape index (κ3) is 5.70. The molecular formula is C17H24N2O2S2. The summed E-state index contributed by atoms with van der Waals surface area (Å²) in [7, 11) is 1.63. The molecule has 1 amide bonds. The van der Waals surface area contributed by atoms with Gasteiger partial charge in [-0.1, -0.05) is 36.8 Å². The van der Waals surface area contributed by atoms with E-state index in [0.717, 1.165) is 34.4 Å². The van der Waals surface area contributed by atoms with Gasteiger partial charge in [0.1, 0.15) is 10.1 Å². The van der Waals surface area contributed by atoms with Crippen LogP contribution in [0.5, 0.6) is 5.75 Å². The van der Waals surface area contributed by atoms with Crippen molar-refractivity contribution in [1.82, 2.24) is 4.90 Å². The van der Waals surface area contributed by atoms with E-state index in [1.165, 1.54) is 37.4 Å². The Balaban J connectivity index is 1.81. The fraction of sp³-hybridized carbons (Fsp3) is 0.529. The highest BCUT2D eigenvalue weighted by atomic mass is 32.2. The average Bonchev–Trinajstić information content (AvgIpc) is 2.83. The van der Waals surface area contributed by atoms with Crippen LogP contribution >= 0.6 is 24.0 Å². The molecule has 1 aromatic carbocycles. The molecule has 0 atom stereocenters. The topological polar surface area (TPSA) is 41.6 Å². The molecular weight excluding hydrogens is 328 g/mol. The highest BCUT2D eigenvalue weighted by Crippen LogP contribution is 2.22. The number of hydrogen-bond acceptors (Lipinski definition) is 4. The Bertz CT molecular complexity index is 556. The van der Waals surface area contributed by atoms with Crippen LogP contribution in [0.1, 0.15) is 31.2 Å². The zero-order valence-electron chi connectivity index (χ0n) is 13.8. The Morgan fingerprint density at radius 3 is 2.61 bits per heavy atom. The first kappa shape index (κ1) is 18.1. The minimum absolute atomic E-state index is 0.0274. The lowest BCUT2D eigenvalue weighted by Gasteiger charge is -2.22. The molecule has 1 N–H and O–H groups in total. The molecule has 1 aliphatic heterocycles. The Morgan fingerprint density at radius 1 is 1.30 bits per heavy atom. The van der Waals surface area contributed by atoms with E-state index < -0.39 is 0 Å². The van der Waals surface area contributed by atoms with Crippen LogP contribution in [0.15, 0.2) is 18.2 Å². The van der Waals surface area contributed by atoms with Gasteiger partial charge in [0.15, 0.2) is 0 Å². The van der Waals surface area contributed by atoms with Crippen LogP contribution < -0.4 is 10.1 Å². The molecule has 0 bridgehead atoms. The van der Waals surface area contributed by atoms with Crippen LogP contribution in [0, 0.1) is 6.92 Å². The molecule has 1 fully saturated rings. The first-order chi connectivity index (χ1) is 11.1. The molecule has 1 aromatic rings. The maximum absolute atomic E-state index is 12.1. The smallest absolute Gasteiger partial charge is 0.234 e. The van der Waals surface area contributed by atoms with Gasteiger partial charge in [-0.15, -0.1) is 0 Å². The molecule has 1 aliphatic rings. The maximum Gasteiger partial charge on any atom is 0.234 e. The molecule has 2 rings (SSSR count). The van der Waals surface area contributed by atoms with Crippen molar-refractivity contribution in [3.63, 3.8) is 0 Å². The number of rotatable bonds is 4. The fourth-order valence-corrected chi connectivity index (χ4v) is 3.61. The van der Waals surface area contributed by atoms with E-state index in [1.54, 1.807) is 7.11 Å².